The van der Waals surface area contributed by atoms with Gasteiger partial charge in [-0.3, -0.25) is 4.79 Å². The van der Waals surface area contributed by atoms with Gasteiger partial charge in [0, 0.05) is 18.9 Å². The molecule has 0 bridgehead atoms. The van der Waals surface area contributed by atoms with E-state index >= 15 is 0 Å². The number of hydrogen-bond acceptors (Lipinski definition) is 4. The molecule has 0 aromatic heterocycles. The number of rotatable bonds is 6. The maximum atomic E-state index is 11.7. The second-order valence-corrected chi connectivity index (χ2v) is 11.8. The summed E-state index contributed by atoms with van der Waals surface area (Å²) in [4.78, 5) is 13.9. The van der Waals surface area contributed by atoms with Gasteiger partial charge in [0.15, 0.2) is 0 Å². The van der Waals surface area contributed by atoms with Crippen LogP contribution in [0.3, 0.4) is 0 Å². The third-order valence-electron chi connectivity index (χ3n) is 9.94. The Kier molecular flexibility index (Phi) is 6.57. The standard InChI is InChI=1S/C26H45NO3/c1-18(28)30-24-10-9-22-21-8-7-19-17-20(29-16-6-15-27(4)5)11-13-25(19,2)23(21)12-14-26(22,24)3/h19-24H,6-17H2,1-5H3/t19?,20-,21?,22?,23?,24-,25-,26-/m0/s1. The topological polar surface area (TPSA) is 38.8 Å². The molecule has 0 N–H and O–H groups in total. The van der Waals surface area contributed by atoms with Crippen molar-refractivity contribution in [2.45, 2.75) is 97.2 Å². The van der Waals surface area contributed by atoms with Crippen LogP contribution in [0.15, 0.2) is 0 Å². The lowest BCUT2D eigenvalue weighted by atomic mass is 9.45. The average Bonchev–Trinajstić information content (AvgIpc) is 3.01. The highest BCUT2D eigenvalue weighted by Gasteiger charge is 2.61. The summed E-state index contributed by atoms with van der Waals surface area (Å²) >= 11 is 0. The van der Waals surface area contributed by atoms with Crippen LogP contribution in [0.5, 0.6) is 0 Å². The average molecular weight is 420 g/mol. The second kappa shape index (κ2) is 8.73. The smallest absolute Gasteiger partial charge is 0.302 e. The van der Waals surface area contributed by atoms with Crippen LogP contribution in [-0.4, -0.2) is 50.3 Å². The Hall–Kier alpha value is -0.610. The van der Waals surface area contributed by atoms with Gasteiger partial charge in [0.2, 0.25) is 0 Å². The van der Waals surface area contributed by atoms with Crippen molar-refractivity contribution in [3.8, 4) is 0 Å². The molecular formula is C26H45NO3. The van der Waals surface area contributed by atoms with Crippen molar-refractivity contribution in [2.75, 3.05) is 27.2 Å². The largest absolute Gasteiger partial charge is 0.462 e. The third-order valence-corrected chi connectivity index (χ3v) is 9.94. The second-order valence-electron chi connectivity index (χ2n) is 11.8. The zero-order chi connectivity index (χ0) is 21.5. The number of ether oxygens (including phenoxy) is 2. The number of esters is 1. The number of carbonyl (C=O) groups excluding carboxylic acids is 1. The fraction of sp³-hybridized carbons (Fsp3) is 0.962. The maximum absolute atomic E-state index is 11.7. The highest BCUT2D eigenvalue weighted by atomic mass is 16.5. The van der Waals surface area contributed by atoms with Crippen molar-refractivity contribution in [2.24, 2.45) is 34.5 Å². The van der Waals surface area contributed by atoms with Crippen molar-refractivity contribution in [3.05, 3.63) is 0 Å². The Balaban J connectivity index is 1.38. The van der Waals surface area contributed by atoms with Crippen LogP contribution >= 0.6 is 0 Å². The molecule has 0 spiro atoms. The minimum Gasteiger partial charge on any atom is -0.462 e. The van der Waals surface area contributed by atoms with Crippen LogP contribution in [0.2, 0.25) is 0 Å². The minimum absolute atomic E-state index is 0.0939. The van der Waals surface area contributed by atoms with Crippen LogP contribution in [0.1, 0.15) is 85.0 Å². The zero-order valence-corrected chi connectivity index (χ0v) is 20.1. The first kappa shape index (κ1) is 22.6. The predicted octanol–water partition coefficient (Wildman–Crippen LogP) is 5.30. The number of carbonyl (C=O) groups is 1. The van der Waals surface area contributed by atoms with Crippen LogP contribution in [0.25, 0.3) is 0 Å². The molecule has 0 aliphatic heterocycles. The van der Waals surface area contributed by atoms with E-state index in [2.05, 4.69) is 32.8 Å². The molecule has 8 atom stereocenters. The summed E-state index contributed by atoms with van der Waals surface area (Å²) in [5, 5.41) is 0. The molecule has 0 radical (unpaired) electrons. The van der Waals surface area contributed by atoms with Crippen molar-refractivity contribution >= 4 is 5.97 Å². The molecule has 0 saturated heterocycles. The zero-order valence-electron chi connectivity index (χ0n) is 20.1. The van der Waals surface area contributed by atoms with Crippen molar-refractivity contribution in [1.82, 2.24) is 4.90 Å². The normalized spacial score (nSPS) is 45.5. The van der Waals surface area contributed by atoms with Gasteiger partial charge in [-0.1, -0.05) is 13.8 Å². The Morgan fingerprint density at radius 1 is 0.967 bits per heavy atom. The van der Waals surface area contributed by atoms with E-state index in [1.54, 1.807) is 6.92 Å². The Morgan fingerprint density at radius 2 is 1.70 bits per heavy atom. The summed E-state index contributed by atoms with van der Waals surface area (Å²) in [6.45, 7) is 8.66. The SMILES string of the molecule is CC(=O)O[C@H]1CCC2C3CCC4C[C@@H](OCCCN(C)C)CC[C@]4(C)C3CC[C@@]21C. The number of hydrogen-bond donors (Lipinski definition) is 0. The van der Waals surface area contributed by atoms with E-state index in [-0.39, 0.29) is 17.5 Å². The van der Waals surface area contributed by atoms with E-state index in [1.807, 2.05) is 0 Å². The lowest BCUT2D eigenvalue weighted by molar-refractivity contribution is -0.164. The number of fused-ring (bicyclic) bond motifs is 5. The summed E-state index contributed by atoms with van der Waals surface area (Å²) < 4.78 is 12.1. The van der Waals surface area contributed by atoms with E-state index in [0.717, 1.165) is 49.7 Å². The molecule has 4 heteroatoms. The van der Waals surface area contributed by atoms with Gasteiger partial charge in [-0.05, 0) is 114 Å². The van der Waals surface area contributed by atoms with Gasteiger partial charge < -0.3 is 14.4 Å². The van der Waals surface area contributed by atoms with Gasteiger partial charge in [0.25, 0.3) is 0 Å². The molecule has 30 heavy (non-hydrogen) atoms. The van der Waals surface area contributed by atoms with E-state index in [4.69, 9.17) is 9.47 Å². The van der Waals surface area contributed by atoms with Crippen LogP contribution < -0.4 is 0 Å². The first-order chi connectivity index (χ1) is 14.2. The predicted molar refractivity (Wildman–Crippen MR) is 120 cm³/mol. The van der Waals surface area contributed by atoms with Gasteiger partial charge in [0.05, 0.1) is 6.10 Å². The molecule has 4 aliphatic rings. The van der Waals surface area contributed by atoms with E-state index in [0.29, 0.717) is 11.5 Å². The molecule has 4 aliphatic carbocycles. The lowest BCUT2D eigenvalue weighted by Gasteiger charge is -2.60. The molecule has 4 unspecified atom stereocenters. The molecule has 4 fully saturated rings. The molecule has 4 nitrogen and oxygen atoms in total. The Labute approximate surface area is 184 Å². The molecule has 0 aromatic rings. The molecule has 4 rings (SSSR count). The molecule has 0 heterocycles. The summed E-state index contributed by atoms with van der Waals surface area (Å²) in [5.74, 6) is 3.19. The van der Waals surface area contributed by atoms with Crippen molar-refractivity contribution in [1.29, 1.82) is 0 Å². The van der Waals surface area contributed by atoms with Gasteiger partial charge >= 0.3 is 5.97 Å². The van der Waals surface area contributed by atoms with Crippen LogP contribution in [0, 0.1) is 34.5 Å². The molecule has 0 amide bonds. The quantitative estimate of drug-likeness (QED) is 0.433. The van der Waals surface area contributed by atoms with Gasteiger partial charge in [-0.2, -0.15) is 0 Å². The summed E-state index contributed by atoms with van der Waals surface area (Å²) in [6, 6.07) is 0. The Bertz CT molecular complexity index is 621. The van der Waals surface area contributed by atoms with Crippen molar-refractivity contribution in [3.63, 3.8) is 0 Å². The van der Waals surface area contributed by atoms with Crippen molar-refractivity contribution < 1.29 is 14.3 Å². The summed E-state index contributed by atoms with van der Waals surface area (Å²) in [7, 11) is 4.27. The first-order valence-corrected chi connectivity index (χ1v) is 12.7. The lowest BCUT2D eigenvalue weighted by Crippen LogP contribution is -2.54. The molecule has 172 valence electrons. The molecule has 4 saturated carbocycles. The molecule has 0 aromatic carbocycles. The highest BCUT2D eigenvalue weighted by Crippen LogP contribution is 2.66. The Morgan fingerprint density at radius 3 is 2.43 bits per heavy atom. The van der Waals surface area contributed by atoms with E-state index in [9.17, 15) is 4.79 Å². The first-order valence-electron chi connectivity index (χ1n) is 12.7. The maximum Gasteiger partial charge on any atom is 0.302 e. The highest BCUT2D eigenvalue weighted by molar-refractivity contribution is 5.66. The summed E-state index contributed by atoms with van der Waals surface area (Å²) in [6.07, 6.45) is 13.3. The van der Waals surface area contributed by atoms with E-state index in [1.165, 1.54) is 51.4 Å². The summed E-state index contributed by atoms with van der Waals surface area (Å²) in [5.41, 5.74) is 0.704. The fourth-order valence-electron chi connectivity index (χ4n) is 8.35. The van der Waals surface area contributed by atoms with E-state index < -0.39 is 0 Å². The number of nitrogens with zero attached hydrogens (tertiary/aromatic N) is 1. The molecular weight excluding hydrogens is 374 g/mol. The van der Waals surface area contributed by atoms with Gasteiger partial charge in [0.1, 0.15) is 6.10 Å². The van der Waals surface area contributed by atoms with Gasteiger partial charge in [-0.15, -0.1) is 0 Å². The third kappa shape index (κ3) is 4.08. The van der Waals surface area contributed by atoms with Crippen LogP contribution in [-0.2, 0) is 14.3 Å². The monoisotopic (exact) mass is 419 g/mol. The fourth-order valence-corrected chi connectivity index (χ4v) is 8.35. The van der Waals surface area contributed by atoms with Crippen LogP contribution in [0.4, 0.5) is 0 Å². The minimum atomic E-state index is -0.0939. The van der Waals surface area contributed by atoms with Gasteiger partial charge in [-0.25, -0.2) is 0 Å².